The molecular formula is C22H28N2O4. The van der Waals surface area contributed by atoms with Crippen molar-refractivity contribution in [3.63, 3.8) is 0 Å². The number of hydrogen-bond acceptors (Lipinski definition) is 5. The van der Waals surface area contributed by atoms with E-state index in [0.717, 1.165) is 25.7 Å². The molecule has 28 heavy (non-hydrogen) atoms. The molecule has 3 unspecified atom stereocenters. The monoisotopic (exact) mass is 384 g/mol. The first-order chi connectivity index (χ1) is 13.3. The highest BCUT2D eigenvalue weighted by Crippen LogP contribution is 2.52. The van der Waals surface area contributed by atoms with Crippen molar-refractivity contribution in [2.24, 2.45) is 5.41 Å². The Bertz CT molecular complexity index is 820. The number of ketones is 1. The molecule has 3 aliphatic rings. The number of hydrogen-bond donors (Lipinski definition) is 0. The maximum atomic E-state index is 13.3. The van der Waals surface area contributed by atoms with Crippen molar-refractivity contribution < 1.29 is 19.1 Å². The molecule has 2 amide bonds. The lowest BCUT2D eigenvalue weighted by Crippen LogP contribution is -2.68. The maximum Gasteiger partial charge on any atom is 0.251 e. The van der Waals surface area contributed by atoms with Crippen LogP contribution >= 0.6 is 0 Å². The van der Waals surface area contributed by atoms with Gasteiger partial charge >= 0.3 is 0 Å². The van der Waals surface area contributed by atoms with Crippen LogP contribution in [0.2, 0.25) is 0 Å². The quantitative estimate of drug-likeness (QED) is 0.750. The number of piperidine rings is 1. The zero-order chi connectivity index (χ0) is 20.1. The number of methoxy groups -OCH3 is 1. The van der Waals surface area contributed by atoms with Crippen LogP contribution in [0.25, 0.3) is 0 Å². The van der Waals surface area contributed by atoms with Crippen LogP contribution in [-0.4, -0.2) is 47.7 Å². The number of nitrogens with zero attached hydrogens (tertiary/aromatic N) is 2. The highest BCUT2D eigenvalue weighted by molar-refractivity contribution is 6.22. The van der Waals surface area contributed by atoms with E-state index in [1.54, 1.807) is 31.4 Å². The number of rotatable bonds is 3. The molecule has 1 aliphatic carbocycles. The fraction of sp³-hybridized carbons (Fsp3) is 0.591. The predicted molar refractivity (Wildman–Crippen MR) is 105 cm³/mol. The van der Waals surface area contributed by atoms with Gasteiger partial charge in [0.2, 0.25) is 5.91 Å². The number of carbonyl (C=O) groups is 3. The van der Waals surface area contributed by atoms with Crippen molar-refractivity contribution in [1.82, 2.24) is 4.90 Å². The molecule has 1 aromatic rings. The van der Waals surface area contributed by atoms with Gasteiger partial charge in [-0.25, -0.2) is 4.90 Å². The summed E-state index contributed by atoms with van der Waals surface area (Å²) >= 11 is 0. The van der Waals surface area contributed by atoms with Crippen LogP contribution in [0.3, 0.4) is 0 Å². The molecule has 0 radical (unpaired) electrons. The van der Waals surface area contributed by atoms with E-state index in [9.17, 15) is 14.4 Å². The number of fused-ring (bicyclic) bond motifs is 1. The zero-order valence-corrected chi connectivity index (χ0v) is 16.9. The summed E-state index contributed by atoms with van der Waals surface area (Å²) < 4.78 is 5.17. The van der Waals surface area contributed by atoms with E-state index in [2.05, 4.69) is 18.7 Å². The number of anilines is 1. The Balaban J connectivity index is 1.65. The Morgan fingerprint density at radius 3 is 2.39 bits per heavy atom. The van der Waals surface area contributed by atoms with Gasteiger partial charge in [-0.05, 0) is 44.0 Å². The molecule has 3 fully saturated rings. The topological polar surface area (TPSA) is 66.9 Å². The number of carbonyl (C=O) groups excluding carboxylic acids is 3. The number of benzene rings is 1. The number of imide groups is 1. The van der Waals surface area contributed by atoms with Crippen LogP contribution in [0, 0.1) is 5.41 Å². The maximum absolute atomic E-state index is 13.3. The predicted octanol–water partition coefficient (Wildman–Crippen LogP) is 2.94. The molecule has 2 aliphatic heterocycles. The van der Waals surface area contributed by atoms with E-state index in [4.69, 9.17) is 4.74 Å². The van der Waals surface area contributed by atoms with Gasteiger partial charge in [0, 0.05) is 23.9 Å². The Morgan fingerprint density at radius 1 is 1.04 bits per heavy atom. The van der Waals surface area contributed by atoms with Gasteiger partial charge in [0.05, 0.1) is 25.3 Å². The summed E-state index contributed by atoms with van der Waals surface area (Å²) in [6, 6.07) is 6.49. The van der Waals surface area contributed by atoms with Gasteiger partial charge in [-0.2, -0.15) is 0 Å². The van der Waals surface area contributed by atoms with Gasteiger partial charge < -0.3 is 4.74 Å². The van der Waals surface area contributed by atoms with Crippen LogP contribution in [-0.2, 0) is 14.4 Å². The minimum atomic E-state index is -0.495. The molecule has 2 heterocycles. The second-order valence-electron chi connectivity index (χ2n) is 8.66. The average Bonchev–Trinajstić information content (AvgIpc) is 2.97. The van der Waals surface area contributed by atoms with Gasteiger partial charge in [0.1, 0.15) is 11.5 Å². The number of likely N-dealkylation sites (tertiary alicyclic amines) is 1. The smallest absolute Gasteiger partial charge is 0.251 e. The van der Waals surface area contributed by atoms with Crippen LogP contribution in [0.1, 0.15) is 52.4 Å². The third-order valence-electron chi connectivity index (χ3n) is 7.44. The molecular weight excluding hydrogens is 356 g/mol. The Kier molecular flexibility index (Phi) is 4.57. The van der Waals surface area contributed by atoms with Crippen LogP contribution in [0.5, 0.6) is 5.75 Å². The van der Waals surface area contributed by atoms with Gasteiger partial charge in [-0.15, -0.1) is 0 Å². The first-order valence-electron chi connectivity index (χ1n) is 10.1. The Labute approximate surface area is 165 Å². The molecule has 4 rings (SSSR count). The van der Waals surface area contributed by atoms with Crippen LogP contribution in [0.4, 0.5) is 5.69 Å². The first kappa shape index (κ1) is 19.1. The molecule has 0 aromatic heterocycles. The second-order valence-corrected chi connectivity index (χ2v) is 8.66. The summed E-state index contributed by atoms with van der Waals surface area (Å²) in [7, 11) is 1.58. The lowest BCUT2D eigenvalue weighted by atomic mass is 9.57. The molecule has 0 N–H and O–H groups in total. The Hall–Kier alpha value is -2.21. The number of ether oxygens (including phenoxy) is 1. The zero-order valence-electron chi connectivity index (χ0n) is 16.9. The standard InChI is InChI=1S/C22H28N2O4/c1-21-11-4-5-12-22(21,2)23(13-10-18(21)25)17-14-19(26)24(20(17)27)15-6-8-16(28-3)9-7-15/h6-9,17H,4-5,10-14H2,1-3H3. The van der Waals surface area contributed by atoms with E-state index >= 15 is 0 Å². The largest absolute Gasteiger partial charge is 0.497 e. The number of amides is 2. The lowest BCUT2D eigenvalue weighted by molar-refractivity contribution is -0.158. The highest BCUT2D eigenvalue weighted by atomic mass is 16.5. The third kappa shape index (κ3) is 2.61. The van der Waals surface area contributed by atoms with Crippen LogP contribution < -0.4 is 9.64 Å². The normalized spacial score (nSPS) is 33.9. The van der Waals surface area contributed by atoms with Gasteiger partial charge in [0.15, 0.2) is 0 Å². The summed E-state index contributed by atoms with van der Waals surface area (Å²) in [6.45, 7) is 4.73. The summed E-state index contributed by atoms with van der Waals surface area (Å²) in [4.78, 5) is 42.4. The molecule has 2 saturated heterocycles. The molecule has 0 spiro atoms. The molecule has 0 bridgehead atoms. The minimum Gasteiger partial charge on any atom is -0.497 e. The fourth-order valence-corrected chi connectivity index (χ4v) is 5.50. The summed E-state index contributed by atoms with van der Waals surface area (Å²) in [6.07, 6.45) is 4.46. The lowest BCUT2D eigenvalue weighted by Gasteiger charge is -2.59. The average molecular weight is 384 g/mol. The van der Waals surface area contributed by atoms with E-state index in [-0.39, 0.29) is 23.8 Å². The molecule has 3 atom stereocenters. The van der Waals surface area contributed by atoms with Crippen LogP contribution in [0.15, 0.2) is 24.3 Å². The SMILES string of the molecule is COc1ccc(N2C(=O)CC(N3CCC(=O)C4(C)CCCCC34C)C2=O)cc1. The van der Waals surface area contributed by atoms with Crippen molar-refractivity contribution in [3.05, 3.63) is 24.3 Å². The van der Waals surface area contributed by atoms with Gasteiger partial charge in [0.25, 0.3) is 5.91 Å². The minimum absolute atomic E-state index is 0.171. The third-order valence-corrected chi connectivity index (χ3v) is 7.44. The molecule has 1 saturated carbocycles. The van der Waals surface area contributed by atoms with Gasteiger partial charge in [-0.3, -0.25) is 19.3 Å². The summed E-state index contributed by atoms with van der Waals surface area (Å²) in [5.41, 5.74) is -0.250. The van der Waals surface area contributed by atoms with Crippen molar-refractivity contribution in [1.29, 1.82) is 0 Å². The van der Waals surface area contributed by atoms with Crippen molar-refractivity contribution in [2.75, 3.05) is 18.6 Å². The Morgan fingerprint density at radius 2 is 1.71 bits per heavy atom. The van der Waals surface area contributed by atoms with Crippen molar-refractivity contribution >= 4 is 23.3 Å². The molecule has 150 valence electrons. The fourth-order valence-electron chi connectivity index (χ4n) is 5.50. The number of Topliss-reactive ketones (excluding diaryl/α,β-unsaturated/α-hetero) is 1. The van der Waals surface area contributed by atoms with E-state index in [1.165, 1.54) is 4.90 Å². The highest BCUT2D eigenvalue weighted by Gasteiger charge is 2.60. The van der Waals surface area contributed by atoms with Crippen molar-refractivity contribution in [3.8, 4) is 5.75 Å². The van der Waals surface area contributed by atoms with Gasteiger partial charge in [-0.1, -0.05) is 19.8 Å². The molecule has 1 aromatic carbocycles. The molecule has 6 heteroatoms. The summed E-state index contributed by atoms with van der Waals surface area (Å²) in [5.74, 6) is 0.617. The van der Waals surface area contributed by atoms with E-state index in [1.807, 2.05) is 0 Å². The van der Waals surface area contributed by atoms with E-state index < -0.39 is 11.5 Å². The summed E-state index contributed by atoms with van der Waals surface area (Å²) in [5, 5.41) is 0. The second kappa shape index (κ2) is 6.69. The first-order valence-corrected chi connectivity index (χ1v) is 10.1. The van der Waals surface area contributed by atoms with Crippen molar-refractivity contribution in [2.45, 2.75) is 64.0 Å². The molecule has 6 nitrogen and oxygen atoms in total. The van der Waals surface area contributed by atoms with E-state index in [0.29, 0.717) is 30.2 Å².